The van der Waals surface area contributed by atoms with Gasteiger partial charge in [0.05, 0.1) is 0 Å². The fourth-order valence-corrected chi connectivity index (χ4v) is 1.87. The van der Waals surface area contributed by atoms with E-state index >= 15 is 0 Å². The Hall–Kier alpha value is -2.40. The van der Waals surface area contributed by atoms with Gasteiger partial charge in [-0.2, -0.15) is 0 Å². The van der Waals surface area contributed by atoms with E-state index in [1.165, 1.54) is 12.3 Å². The van der Waals surface area contributed by atoms with E-state index < -0.39 is 5.91 Å². The molecule has 0 aliphatic rings. The van der Waals surface area contributed by atoms with Crippen molar-refractivity contribution in [3.8, 4) is 0 Å². The van der Waals surface area contributed by atoms with Crippen molar-refractivity contribution in [2.45, 2.75) is 13.3 Å². The van der Waals surface area contributed by atoms with E-state index in [0.717, 1.165) is 17.7 Å². The molecule has 0 atom stereocenters. The first kappa shape index (κ1) is 14.0. The minimum absolute atomic E-state index is 0.0987. The summed E-state index contributed by atoms with van der Waals surface area (Å²) in [6, 6.07) is 8.81. The normalized spacial score (nSPS) is 10.3. The largest absolute Gasteiger partial charge is 0.364 e. The summed E-state index contributed by atoms with van der Waals surface area (Å²) in [4.78, 5) is 26.6. The van der Waals surface area contributed by atoms with Crippen molar-refractivity contribution in [3.05, 3.63) is 63.6 Å². The molecule has 104 valence electrons. The van der Waals surface area contributed by atoms with Gasteiger partial charge in [0.2, 0.25) is 0 Å². The van der Waals surface area contributed by atoms with Crippen molar-refractivity contribution in [3.63, 3.8) is 0 Å². The lowest BCUT2D eigenvalue weighted by atomic mass is 10.1. The fourth-order valence-electron chi connectivity index (χ4n) is 1.87. The Balaban J connectivity index is 2.13. The van der Waals surface area contributed by atoms with Crippen molar-refractivity contribution in [1.29, 1.82) is 0 Å². The number of H-pyrrole nitrogens is 1. The minimum atomic E-state index is -0.419. The summed E-state index contributed by atoms with van der Waals surface area (Å²) in [6.45, 7) is 2.35. The molecule has 0 spiro atoms. The number of benzene rings is 1. The first-order valence-corrected chi connectivity index (χ1v) is 6.40. The average Bonchev–Trinajstić information content (AvgIpc) is 2.41. The van der Waals surface area contributed by atoms with Crippen LogP contribution in [-0.2, 0) is 6.42 Å². The standard InChI is InChI=1S/C15H17N3O2/c1-10-8-14(19)13(9-17-10)15(20)18-12-4-2-11(3-5-12)6-7-16/h2-5,8-9H,6-7,16H2,1H3,(H,17,19)(H,18,20). The Morgan fingerprint density at radius 1 is 1.30 bits per heavy atom. The molecule has 2 aromatic rings. The highest BCUT2D eigenvalue weighted by Gasteiger charge is 2.10. The van der Waals surface area contributed by atoms with E-state index in [0.29, 0.717) is 12.2 Å². The van der Waals surface area contributed by atoms with Crippen LogP contribution in [0.3, 0.4) is 0 Å². The topological polar surface area (TPSA) is 88.0 Å². The van der Waals surface area contributed by atoms with Gasteiger partial charge in [0, 0.05) is 23.6 Å². The van der Waals surface area contributed by atoms with Crippen LogP contribution in [0.15, 0.2) is 41.3 Å². The molecule has 4 N–H and O–H groups in total. The molecule has 20 heavy (non-hydrogen) atoms. The predicted molar refractivity (Wildman–Crippen MR) is 79.0 cm³/mol. The maximum Gasteiger partial charge on any atom is 0.261 e. The molecule has 0 bridgehead atoms. The molecule has 0 aliphatic carbocycles. The van der Waals surface area contributed by atoms with Crippen LogP contribution in [0.1, 0.15) is 21.6 Å². The second kappa shape index (κ2) is 6.16. The zero-order valence-electron chi connectivity index (χ0n) is 11.3. The van der Waals surface area contributed by atoms with Gasteiger partial charge in [0.1, 0.15) is 5.56 Å². The van der Waals surface area contributed by atoms with Crippen LogP contribution in [0.2, 0.25) is 0 Å². The minimum Gasteiger partial charge on any atom is -0.364 e. The lowest BCUT2D eigenvalue weighted by molar-refractivity contribution is 0.102. The highest BCUT2D eigenvalue weighted by molar-refractivity contribution is 6.03. The number of hydrogen-bond donors (Lipinski definition) is 3. The van der Waals surface area contributed by atoms with Crippen LogP contribution >= 0.6 is 0 Å². The summed E-state index contributed by atoms with van der Waals surface area (Å²) in [7, 11) is 0. The van der Waals surface area contributed by atoms with E-state index in [-0.39, 0.29) is 11.0 Å². The van der Waals surface area contributed by atoms with Crippen LogP contribution in [0, 0.1) is 6.92 Å². The molecule has 0 radical (unpaired) electrons. The quantitative estimate of drug-likeness (QED) is 0.786. The van der Waals surface area contributed by atoms with Gasteiger partial charge in [-0.15, -0.1) is 0 Å². The maximum atomic E-state index is 12.0. The number of anilines is 1. The lowest BCUT2D eigenvalue weighted by Gasteiger charge is -2.06. The second-order valence-electron chi connectivity index (χ2n) is 4.58. The fraction of sp³-hybridized carbons (Fsp3) is 0.200. The van der Waals surface area contributed by atoms with Crippen LogP contribution in [-0.4, -0.2) is 17.4 Å². The summed E-state index contributed by atoms with van der Waals surface area (Å²) in [5, 5.41) is 2.70. The molecular formula is C15H17N3O2. The molecule has 2 rings (SSSR count). The number of aromatic amines is 1. The van der Waals surface area contributed by atoms with Crippen molar-refractivity contribution in [1.82, 2.24) is 4.98 Å². The van der Waals surface area contributed by atoms with E-state index in [1.807, 2.05) is 12.1 Å². The highest BCUT2D eigenvalue weighted by atomic mass is 16.2. The van der Waals surface area contributed by atoms with Crippen LogP contribution < -0.4 is 16.5 Å². The number of aryl methyl sites for hydroxylation is 1. The van der Waals surface area contributed by atoms with Crippen molar-refractivity contribution in [2.75, 3.05) is 11.9 Å². The van der Waals surface area contributed by atoms with Gasteiger partial charge in [-0.25, -0.2) is 0 Å². The van der Waals surface area contributed by atoms with Crippen molar-refractivity contribution < 1.29 is 4.79 Å². The van der Waals surface area contributed by atoms with Crippen LogP contribution in [0.4, 0.5) is 5.69 Å². The first-order chi connectivity index (χ1) is 9.60. The molecule has 5 heteroatoms. The number of nitrogens with two attached hydrogens (primary N) is 1. The molecule has 0 saturated heterocycles. The number of hydrogen-bond acceptors (Lipinski definition) is 3. The Bertz CT molecular complexity index is 660. The molecule has 0 aliphatic heterocycles. The van der Waals surface area contributed by atoms with Crippen LogP contribution in [0.25, 0.3) is 0 Å². The Morgan fingerprint density at radius 3 is 2.60 bits per heavy atom. The van der Waals surface area contributed by atoms with Gasteiger partial charge in [0.25, 0.3) is 5.91 Å². The van der Waals surface area contributed by atoms with E-state index in [9.17, 15) is 9.59 Å². The summed E-state index contributed by atoms with van der Waals surface area (Å²) in [6.07, 6.45) is 2.22. The molecule has 5 nitrogen and oxygen atoms in total. The molecule has 1 amide bonds. The summed E-state index contributed by atoms with van der Waals surface area (Å²) in [5.74, 6) is -0.419. The molecule has 0 saturated carbocycles. The number of rotatable bonds is 4. The monoisotopic (exact) mass is 271 g/mol. The van der Waals surface area contributed by atoms with Crippen molar-refractivity contribution >= 4 is 11.6 Å². The highest BCUT2D eigenvalue weighted by Crippen LogP contribution is 2.10. The molecule has 0 unspecified atom stereocenters. The Morgan fingerprint density at radius 2 is 2.00 bits per heavy atom. The number of amides is 1. The van der Waals surface area contributed by atoms with Gasteiger partial charge in [-0.3, -0.25) is 9.59 Å². The Labute approximate surface area is 116 Å². The summed E-state index contributed by atoms with van der Waals surface area (Å²) in [5.41, 5.74) is 7.76. The van der Waals surface area contributed by atoms with Gasteiger partial charge in [-0.1, -0.05) is 12.1 Å². The van der Waals surface area contributed by atoms with E-state index in [2.05, 4.69) is 10.3 Å². The lowest BCUT2D eigenvalue weighted by Crippen LogP contribution is -2.21. The van der Waals surface area contributed by atoms with Gasteiger partial charge >= 0.3 is 0 Å². The molecule has 0 fully saturated rings. The number of carbonyl (C=O) groups is 1. The van der Waals surface area contributed by atoms with Gasteiger partial charge in [0.15, 0.2) is 5.43 Å². The van der Waals surface area contributed by atoms with E-state index in [4.69, 9.17) is 5.73 Å². The third-order valence-corrected chi connectivity index (χ3v) is 2.95. The van der Waals surface area contributed by atoms with E-state index in [1.54, 1.807) is 19.1 Å². The van der Waals surface area contributed by atoms with Crippen molar-refractivity contribution in [2.24, 2.45) is 5.73 Å². The third kappa shape index (κ3) is 3.33. The number of nitrogens with one attached hydrogen (secondary N) is 2. The predicted octanol–water partition coefficient (Wildman–Crippen LogP) is 1.44. The van der Waals surface area contributed by atoms with Gasteiger partial charge < -0.3 is 16.0 Å². The first-order valence-electron chi connectivity index (χ1n) is 6.40. The smallest absolute Gasteiger partial charge is 0.261 e. The van der Waals surface area contributed by atoms with Gasteiger partial charge in [-0.05, 0) is 37.6 Å². The summed E-state index contributed by atoms with van der Waals surface area (Å²) < 4.78 is 0. The Kier molecular flexibility index (Phi) is 4.32. The zero-order valence-corrected chi connectivity index (χ0v) is 11.3. The number of carbonyl (C=O) groups excluding carboxylic acids is 1. The molecule has 1 aromatic heterocycles. The number of aromatic nitrogens is 1. The summed E-state index contributed by atoms with van der Waals surface area (Å²) >= 11 is 0. The molecule has 1 heterocycles. The molecule has 1 aromatic carbocycles. The SMILES string of the molecule is Cc1cc(=O)c(C(=O)Nc2ccc(CCN)cc2)c[nH]1. The number of pyridine rings is 1. The third-order valence-electron chi connectivity index (χ3n) is 2.95. The second-order valence-corrected chi connectivity index (χ2v) is 4.58. The average molecular weight is 271 g/mol. The zero-order chi connectivity index (χ0) is 14.5. The maximum absolute atomic E-state index is 12.0. The molecular weight excluding hydrogens is 254 g/mol. The van der Waals surface area contributed by atoms with Crippen LogP contribution in [0.5, 0.6) is 0 Å².